The van der Waals surface area contributed by atoms with Gasteiger partial charge in [0.05, 0.1) is 5.56 Å². The van der Waals surface area contributed by atoms with Crippen LogP contribution in [0, 0.1) is 5.82 Å². The van der Waals surface area contributed by atoms with Crippen LogP contribution in [0.2, 0.25) is 0 Å². The lowest BCUT2D eigenvalue weighted by Gasteiger charge is -2.07. The van der Waals surface area contributed by atoms with Gasteiger partial charge in [0.15, 0.2) is 6.61 Å². The monoisotopic (exact) mass is 381 g/mol. The summed E-state index contributed by atoms with van der Waals surface area (Å²) in [5.41, 5.74) is -0.405. The molecule has 2 rings (SSSR count). The summed E-state index contributed by atoms with van der Waals surface area (Å²) >= 11 is 0. The van der Waals surface area contributed by atoms with Gasteiger partial charge in [0.2, 0.25) is 0 Å². The van der Waals surface area contributed by atoms with E-state index in [9.17, 15) is 27.2 Å². The van der Waals surface area contributed by atoms with Gasteiger partial charge in [-0.15, -0.1) is 0 Å². The SMILES string of the molecule is O=C(COC(=O)/C=C/c1cccc(C(F)(F)F)c1)NCc1ccccc1F. The highest BCUT2D eigenvalue weighted by Crippen LogP contribution is 2.29. The van der Waals surface area contributed by atoms with Crippen LogP contribution in [0.5, 0.6) is 0 Å². The van der Waals surface area contributed by atoms with E-state index in [1.165, 1.54) is 30.3 Å². The van der Waals surface area contributed by atoms with E-state index in [1.54, 1.807) is 6.07 Å². The largest absolute Gasteiger partial charge is 0.452 e. The Morgan fingerprint density at radius 3 is 2.52 bits per heavy atom. The average molecular weight is 381 g/mol. The van der Waals surface area contributed by atoms with E-state index in [0.29, 0.717) is 0 Å². The molecule has 27 heavy (non-hydrogen) atoms. The summed E-state index contributed by atoms with van der Waals surface area (Å²) in [6.07, 6.45) is -2.42. The predicted octanol–water partition coefficient (Wildman–Crippen LogP) is 3.72. The Morgan fingerprint density at radius 1 is 1.07 bits per heavy atom. The molecule has 0 aromatic heterocycles. The fraction of sp³-hybridized carbons (Fsp3) is 0.158. The molecule has 0 spiro atoms. The van der Waals surface area contributed by atoms with E-state index < -0.39 is 36.0 Å². The fourth-order valence-corrected chi connectivity index (χ4v) is 2.05. The number of nitrogens with one attached hydrogen (secondary N) is 1. The molecule has 0 saturated carbocycles. The van der Waals surface area contributed by atoms with Crippen molar-refractivity contribution < 1.29 is 31.9 Å². The van der Waals surface area contributed by atoms with Gasteiger partial charge < -0.3 is 10.1 Å². The Kier molecular flexibility index (Phi) is 6.70. The van der Waals surface area contributed by atoms with Crippen molar-refractivity contribution in [3.63, 3.8) is 0 Å². The summed E-state index contributed by atoms with van der Waals surface area (Å²) in [4.78, 5) is 23.2. The minimum absolute atomic E-state index is 0.0663. The third-order valence-corrected chi connectivity index (χ3v) is 3.41. The van der Waals surface area contributed by atoms with Crippen molar-refractivity contribution in [2.75, 3.05) is 6.61 Å². The lowest BCUT2D eigenvalue weighted by atomic mass is 10.1. The highest BCUT2D eigenvalue weighted by atomic mass is 19.4. The maximum Gasteiger partial charge on any atom is 0.416 e. The first-order chi connectivity index (χ1) is 12.8. The van der Waals surface area contributed by atoms with E-state index in [-0.39, 0.29) is 17.7 Å². The second-order valence-corrected chi connectivity index (χ2v) is 5.43. The van der Waals surface area contributed by atoms with Gasteiger partial charge in [-0.3, -0.25) is 4.79 Å². The minimum Gasteiger partial charge on any atom is -0.452 e. The summed E-state index contributed by atoms with van der Waals surface area (Å²) in [5.74, 6) is -2.01. The van der Waals surface area contributed by atoms with Crippen molar-refractivity contribution in [3.8, 4) is 0 Å². The maximum atomic E-state index is 13.4. The molecule has 0 radical (unpaired) electrons. The first-order valence-electron chi connectivity index (χ1n) is 7.78. The van der Waals surface area contributed by atoms with Gasteiger partial charge in [-0.2, -0.15) is 13.2 Å². The van der Waals surface area contributed by atoms with Crippen LogP contribution in [-0.4, -0.2) is 18.5 Å². The van der Waals surface area contributed by atoms with Crippen molar-refractivity contribution in [1.82, 2.24) is 5.32 Å². The smallest absolute Gasteiger partial charge is 0.416 e. The number of ether oxygens (including phenoxy) is 1. The molecule has 0 fully saturated rings. The number of halogens is 4. The average Bonchev–Trinajstić information content (AvgIpc) is 2.63. The highest BCUT2D eigenvalue weighted by Gasteiger charge is 2.30. The molecular weight excluding hydrogens is 366 g/mol. The van der Waals surface area contributed by atoms with Gasteiger partial charge in [0.1, 0.15) is 5.82 Å². The Labute approximate surface area is 152 Å². The molecule has 0 saturated heterocycles. The van der Waals surface area contributed by atoms with Gasteiger partial charge in [0, 0.05) is 18.2 Å². The molecule has 0 heterocycles. The molecule has 0 aliphatic heterocycles. The normalized spacial score (nSPS) is 11.4. The Morgan fingerprint density at radius 2 is 1.81 bits per heavy atom. The first kappa shape index (κ1) is 20.2. The zero-order valence-electron chi connectivity index (χ0n) is 13.9. The number of benzene rings is 2. The second-order valence-electron chi connectivity index (χ2n) is 5.43. The molecule has 0 aliphatic rings. The van der Waals surface area contributed by atoms with Crippen molar-refractivity contribution in [2.45, 2.75) is 12.7 Å². The van der Waals surface area contributed by atoms with Crippen LogP contribution in [0.15, 0.2) is 54.6 Å². The van der Waals surface area contributed by atoms with Crippen molar-refractivity contribution in [2.24, 2.45) is 0 Å². The first-order valence-corrected chi connectivity index (χ1v) is 7.78. The van der Waals surface area contributed by atoms with Crippen molar-refractivity contribution >= 4 is 18.0 Å². The lowest BCUT2D eigenvalue weighted by Crippen LogP contribution is -2.28. The van der Waals surface area contributed by atoms with E-state index >= 15 is 0 Å². The number of hydrogen-bond donors (Lipinski definition) is 1. The number of alkyl halides is 3. The van der Waals surface area contributed by atoms with Gasteiger partial charge >= 0.3 is 12.1 Å². The van der Waals surface area contributed by atoms with Crippen molar-refractivity contribution in [1.29, 1.82) is 0 Å². The maximum absolute atomic E-state index is 13.4. The van der Waals surface area contributed by atoms with Gasteiger partial charge in [-0.25, -0.2) is 9.18 Å². The van der Waals surface area contributed by atoms with E-state index in [2.05, 4.69) is 10.1 Å². The molecule has 4 nitrogen and oxygen atoms in total. The van der Waals surface area contributed by atoms with Gasteiger partial charge in [0.25, 0.3) is 5.91 Å². The van der Waals surface area contributed by atoms with Crippen molar-refractivity contribution in [3.05, 3.63) is 77.1 Å². The predicted molar refractivity (Wildman–Crippen MR) is 89.7 cm³/mol. The molecule has 142 valence electrons. The topological polar surface area (TPSA) is 55.4 Å². The number of carbonyl (C=O) groups excluding carboxylic acids is 2. The number of hydrogen-bond acceptors (Lipinski definition) is 3. The zero-order valence-corrected chi connectivity index (χ0v) is 13.9. The molecule has 0 atom stereocenters. The number of carbonyl (C=O) groups is 2. The van der Waals surface area contributed by atoms with Crippen LogP contribution in [0.25, 0.3) is 6.08 Å². The van der Waals surface area contributed by atoms with E-state index in [1.807, 2.05) is 0 Å². The summed E-state index contributed by atoms with van der Waals surface area (Å²) < 4.78 is 55.9. The molecule has 8 heteroatoms. The van der Waals surface area contributed by atoms with Crippen LogP contribution in [0.4, 0.5) is 17.6 Å². The van der Waals surface area contributed by atoms with Crippen LogP contribution in [0.1, 0.15) is 16.7 Å². The zero-order chi connectivity index (χ0) is 19.9. The standard InChI is InChI=1S/C19H15F4NO3/c20-16-7-2-1-5-14(16)11-24-17(25)12-27-18(26)9-8-13-4-3-6-15(10-13)19(21,22)23/h1-10H,11-12H2,(H,24,25)/b9-8+. The number of rotatable bonds is 6. The summed E-state index contributed by atoms with van der Waals surface area (Å²) in [5, 5.41) is 2.39. The van der Waals surface area contributed by atoms with E-state index in [4.69, 9.17) is 0 Å². The molecule has 2 aromatic carbocycles. The Bertz CT molecular complexity index is 847. The second kappa shape index (κ2) is 8.98. The fourth-order valence-electron chi connectivity index (χ4n) is 2.05. The van der Waals surface area contributed by atoms with Crippen LogP contribution < -0.4 is 5.32 Å². The number of amides is 1. The highest BCUT2D eigenvalue weighted by molar-refractivity contribution is 5.89. The Hall–Kier alpha value is -3.16. The van der Waals surface area contributed by atoms with Gasteiger partial charge in [-0.05, 0) is 29.8 Å². The summed E-state index contributed by atoms with van der Waals surface area (Å²) in [7, 11) is 0. The number of esters is 1. The third kappa shape index (κ3) is 6.58. The molecule has 0 bridgehead atoms. The molecular formula is C19H15F4NO3. The summed E-state index contributed by atoms with van der Waals surface area (Å²) in [6, 6.07) is 10.3. The molecule has 0 aliphatic carbocycles. The van der Waals surface area contributed by atoms with Gasteiger partial charge in [-0.1, -0.05) is 30.3 Å². The Balaban J connectivity index is 1.81. The quantitative estimate of drug-likeness (QED) is 0.471. The van der Waals surface area contributed by atoms with Crippen LogP contribution in [-0.2, 0) is 27.0 Å². The molecule has 0 unspecified atom stereocenters. The molecule has 1 amide bonds. The third-order valence-electron chi connectivity index (χ3n) is 3.41. The summed E-state index contributed by atoms with van der Waals surface area (Å²) in [6.45, 7) is -0.663. The van der Waals surface area contributed by atoms with Crippen LogP contribution >= 0.6 is 0 Å². The van der Waals surface area contributed by atoms with Crippen LogP contribution in [0.3, 0.4) is 0 Å². The molecule has 2 aromatic rings. The molecule has 1 N–H and O–H groups in total. The van der Waals surface area contributed by atoms with E-state index in [0.717, 1.165) is 24.3 Å². The minimum atomic E-state index is -4.49. The lowest BCUT2D eigenvalue weighted by molar-refractivity contribution is -0.143.